The van der Waals surface area contributed by atoms with Crippen molar-refractivity contribution in [3.63, 3.8) is 0 Å². The van der Waals surface area contributed by atoms with E-state index in [1.165, 1.54) is 98.3 Å². The molecule has 53 heavy (non-hydrogen) atoms. The van der Waals surface area contributed by atoms with E-state index in [4.69, 9.17) is 0 Å². The number of nitrogens with zero attached hydrogens (tertiary/aromatic N) is 1. The lowest BCUT2D eigenvalue weighted by molar-refractivity contribution is 1.18. The van der Waals surface area contributed by atoms with E-state index in [2.05, 4.69) is 205 Å². The topological polar surface area (TPSA) is 4.93 Å². The number of para-hydroxylation sites is 1. The molecule has 1 nitrogen and oxygen atoms in total. The van der Waals surface area contributed by atoms with Crippen LogP contribution in [0.2, 0.25) is 0 Å². The van der Waals surface area contributed by atoms with Crippen molar-refractivity contribution in [1.82, 2.24) is 4.57 Å². The standard InChI is InChI=1S/C52H33N/c1-3-16-36(17-4-1)49-42-23-11-13-25-44(42)50(45-26-14-12-24-43(45)49)37-29-27-35(28-30-37)46-33-48-52(41-22-10-9-21-40(41)46)51-39-20-8-7-15-34(39)31-32-47(51)53(48)38-18-5-2-6-19-38/h1-33H. The van der Waals surface area contributed by atoms with E-state index in [9.17, 15) is 0 Å². The van der Waals surface area contributed by atoms with Crippen LogP contribution >= 0.6 is 0 Å². The van der Waals surface area contributed by atoms with Crippen LogP contribution in [0, 0.1) is 0 Å². The Labute approximate surface area is 307 Å². The Morgan fingerprint density at radius 1 is 0.283 bits per heavy atom. The third-order valence-corrected chi connectivity index (χ3v) is 11.2. The van der Waals surface area contributed by atoms with Crippen molar-refractivity contribution < 1.29 is 0 Å². The Hall–Kier alpha value is -6.96. The van der Waals surface area contributed by atoms with Crippen LogP contribution in [-0.2, 0) is 0 Å². The van der Waals surface area contributed by atoms with Crippen molar-refractivity contribution in [3.8, 4) is 39.1 Å². The minimum Gasteiger partial charge on any atom is -0.309 e. The third-order valence-electron chi connectivity index (χ3n) is 11.2. The van der Waals surface area contributed by atoms with E-state index in [-0.39, 0.29) is 0 Å². The number of fused-ring (bicyclic) bond motifs is 9. The van der Waals surface area contributed by atoms with Gasteiger partial charge >= 0.3 is 0 Å². The van der Waals surface area contributed by atoms with Crippen LogP contribution < -0.4 is 0 Å². The van der Waals surface area contributed by atoms with E-state index in [0.29, 0.717) is 0 Å². The summed E-state index contributed by atoms with van der Waals surface area (Å²) >= 11 is 0. The summed E-state index contributed by atoms with van der Waals surface area (Å²) in [5, 5.41) is 12.8. The fourth-order valence-electron chi connectivity index (χ4n) is 8.90. The van der Waals surface area contributed by atoms with E-state index in [1.54, 1.807) is 0 Å². The van der Waals surface area contributed by atoms with Crippen molar-refractivity contribution in [1.29, 1.82) is 0 Å². The molecule has 0 aliphatic rings. The SMILES string of the molecule is c1ccc(-c2c3ccccc3c(-c3ccc(-c4cc5c(c6ccccc46)c4c6ccccc6ccc4n5-c4ccccc4)cc3)c3ccccc23)cc1. The minimum absolute atomic E-state index is 1.16. The van der Waals surface area contributed by atoms with Crippen LogP contribution in [-0.4, -0.2) is 4.57 Å². The summed E-state index contributed by atoms with van der Waals surface area (Å²) in [7, 11) is 0. The predicted molar refractivity (Wildman–Crippen MR) is 227 cm³/mol. The van der Waals surface area contributed by atoms with Gasteiger partial charge in [-0.15, -0.1) is 0 Å². The predicted octanol–water partition coefficient (Wildman–Crippen LogP) is 14.4. The molecule has 1 heterocycles. The van der Waals surface area contributed by atoms with Crippen molar-refractivity contribution in [2.24, 2.45) is 0 Å². The Bertz CT molecular complexity index is 3130. The molecule has 10 aromatic carbocycles. The second kappa shape index (κ2) is 11.8. The second-order valence-electron chi connectivity index (χ2n) is 14.0. The summed E-state index contributed by atoms with van der Waals surface area (Å²) in [6.07, 6.45) is 0. The first kappa shape index (κ1) is 29.7. The Morgan fingerprint density at radius 3 is 1.36 bits per heavy atom. The quantitative estimate of drug-likeness (QED) is 0.164. The molecule has 0 atom stereocenters. The molecule has 0 N–H and O–H groups in total. The van der Waals surface area contributed by atoms with Crippen LogP contribution in [0.25, 0.3) is 104 Å². The lowest BCUT2D eigenvalue weighted by Crippen LogP contribution is -1.94. The van der Waals surface area contributed by atoms with Crippen molar-refractivity contribution >= 4 is 64.9 Å². The number of rotatable bonds is 4. The summed E-state index contributed by atoms with van der Waals surface area (Å²) < 4.78 is 2.45. The van der Waals surface area contributed by atoms with Crippen LogP contribution in [0.5, 0.6) is 0 Å². The molecule has 1 aromatic heterocycles. The molecular weight excluding hydrogens is 639 g/mol. The van der Waals surface area contributed by atoms with Gasteiger partial charge in [-0.1, -0.05) is 176 Å². The smallest absolute Gasteiger partial charge is 0.0553 e. The number of aromatic nitrogens is 1. The highest BCUT2D eigenvalue weighted by Crippen LogP contribution is 2.46. The van der Waals surface area contributed by atoms with Crippen molar-refractivity contribution in [2.75, 3.05) is 0 Å². The third kappa shape index (κ3) is 4.51. The molecule has 0 spiro atoms. The zero-order valence-corrected chi connectivity index (χ0v) is 29.0. The molecule has 1 heteroatoms. The highest BCUT2D eigenvalue weighted by Gasteiger charge is 2.20. The monoisotopic (exact) mass is 671 g/mol. The number of hydrogen-bond acceptors (Lipinski definition) is 0. The summed E-state index contributed by atoms with van der Waals surface area (Å²) in [6.45, 7) is 0. The molecular formula is C52H33N. The van der Waals surface area contributed by atoms with Gasteiger partial charge in [0.2, 0.25) is 0 Å². The Kier molecular flexibility index (Phi) is 6.62. The first-order chi connectivity index (χ1) is 26.3. The molecule has 0 radical (unpaired) electrons. The van der Waals surface area contributed by atoms with E-state index in [1.807, 2.05) is 0 Å². The fraction of sp³-hybridized carbons (Fsp3) is 0. The molecule has 0 saturated carbocycles. The van der Waals surface area contributed by atoms with Gasteiger partial charge in [0.15, 0.2) is 0 Å². The van der Waals surface area contributed by atoms with Gasteiger partial charge < -0.3 is 4.57 Å². The largest absolute Gasteiger partial charge is 0.309 e. The van der Waals surface area contributed by atoms with Gasteiger partial charge in [-0.05, 0) is 101 Å². The Balaban J connectivity index is 1.17. The maximum absolute atomic E-state index is 2.45. The van der Waals surface area contributed by atoms with Gasteiger partial charge in [0, 0.05) is 16.5 Å². The van der Waals surface area contributed by atoms with Crippen LogP contribution in [0.1, 0.15) is 0 Å². The fourth-order valence-corrected chi connectivity index (χ4v) is 8.90. The maximum Gasteiger partial charge on any atom is 0.0553 e. The van der Waals surface area contributed by atoms with Gasteiger partial charge in [0.05, 0.1) is 11.0 Å². The first-order valence-electron chi connectivity index (χ1n) is 18.4. The zero-order valence-electron chi connectivity index (χ0n) is 29.0. The lowest BCUT2D eigenvalue weighted by atomic mass is 9.85. The van der Waals surface area contributed by atoms with Gasteiger partial charge in [0.1, 0.15) is 0 Å². The van der Waals surface area contributed by atoms with E-state index >= 15 is 0 Å². The van der Waals surface area contributed by atoms with Gasteiger partial charge in [-0.25, -0.2) is 0 Å². The summed E-state index contributed by atoms with van der Waals surface area (Å²) in [5.74, 6) is 0. The Morgan fingerprint density at radius 2 is 0.736 bits per heavy atom. The lowest BCUT2D eigenvalue weighted by Gasteiger charge is -2.18. The number of benzene rings is 10. The molecule has 11 rings (SSSR count). The average Bonchev–Trinajstić information content (AvgIpc) is 3.58. The molecule has 0 saturated heterocycles. The first-order valence-corrected chi connectivity index (χ1v) is 18.4. The molecule has 11 aromatic rings. The molecule has 0 aliphatic heterocycles. The summed E-state index contributed by atoms with van der Waals surface area (Å²) in [5.41, 5.74) is 11.1. The maximum atomic E-state index is 2.45. The molecule has 0 bridgehead atoms. The highest BCUT2D eigenvalue weighted by molar-refractivity contribution is 6.30. The van der Waals surface area contributed by atoms with Gasteiger partial charge in [0.25, 0.3) is 0 Å². The normalized spacial score (nSPS) is 11.8. The highest BCUT2D eigenvalue weighted by atomic mass is 15.0. The second-order valence-corrected chi connectivity index (χ2v) is 14.0. The minimum atomic E-state index is 1.16. The molecule has 246 valence electrons. The van der Waals surface area contributed by atoms with E-state index < -0.39 is 0 Å². The van der Waals surface area contributed by atoms with Gasteiger partial charge in [-0.3, -0.25) is 0 Å². The molecule has 0 aliphatic carbocycles. The molecule has 0 fully saturated rings. The summed E-state index contributed by atoms with van der Waals surface area (Å²) in [4.78, 5) is 0. The van der Waals surface area contributed by atoms with Crippen molar-refractivity contribution in [2.45, 2.75) is 0 Å². The van der Waals surface area contributed by atoms with Crippen LogP contribution in [0.3, 0.4) is 0 Å². The van der Waals surface area contributed by atoms with Gasteiger partial charge in [-0.2, -0.15) is 0 Å². The summed E-state index contributed by atoms with van der Waals surface area (Å²) in [6, 6.07) is 73.4. The molecule has 0 amide bonds. The number of hydrogen-bond donors (Lipinski definition) is 0. The van der Waals surface area contributed by atoms with Crippen LogP contribution in [0.4, 0.5) is 0 Å². The van der Waals surface area contributed by atoms with Crippen LogP contribution in [0.15, 0.2) is 200 Å². The van der Waals surface area contributed by atoms with Crippen molar-refractivity contribution in [3.05, 3.63) is 200 Å². The average molecular weight is 672 g/mol. The zero-order chi connectivity index (χ0) is 34.9. The molecule has 0 unspecified atom stereocenters. The van der Waals surface area contributed by atoms with E-state index in [0.717, 1.165) is 5.69 Å².